The smallest absolute Gasteiger partial charge is 0.330 e. The average molecular weight is 378 g/mol. The molecule has 0 atom stereocenters. The third-order valence-electron chi connectivity index (χ3n) is 5.99. The molecule has 0 bridgehead atoms. The summed E-state index contributed by atoms with van der Waals surface area (Å²) in [5.74, 6) is 0.955. The van der Waals surface area contributed by atoms with E-state index in [9.17, 15) is 9.59 Å². The molecule has 1 aromatic carbocycles. The molecular formula is C22H26N4O2. The topological polar surface area (TPSA) is 82.9 Å². The third-order valence-corrected chi connectivity index (χ3v) is 5.99. The molecule has 6 heteroatoms. The Bertz CT molecular complexity index is 1090. The van der Waals surface area contributed by atoms with Gasteiger partial charge in [0.25, 0.3) is 5.56 Å². The van der Waals surface area contributed by atoms with Gasteiger partial charge in [-0.3, -0.25) is 13.9 Å². The van der Waals surface area contributed by atoms with Crippen molar-refractivity contribution in [2.24, 2.45) is 18.7 Å². The van der Waals surface area contributed by atoms with E-state index in [-0.39, 0.29) is 11.2 Å². The van der Waals surface area contributed by atoms with Crippen molar-refractivity contribution in [3.05, 3.63) is 74.6 Å². The van der Waals surface area contributed by atoms with Crippen LogP contribution in [0, 0.1) is 5.92 Å². The Morgan fingerprint density at radius 3 is 2.43 bits per heavy atom. The summed E-state index contributed by atoms with van der Waals surface area (Å²) in [6.45, 7) is 1.13. The van der Waals surface area contributed by atoms with Crippen LogP contribution in [0.1, 0.15) is 42.9 Å². The fourth-order valence-corrected chi connectivity index (χ4v) is 4.20. The molecule has 1 saturated carbocycles. The van der Waals surface area contributed by atoms with Gasteiger partial charge in [-0.1, -0.05) is 30.3 Å². The molecule has 28 heavy (non-hydrogen) atoms. The van der Waals surface area contributed by atoms with E-state index < -0.39 is 0 Å². The molecule has 0 saturated heterocycles. The van der Waals surface area contributed by atoms with Crippen LogP contribution in [0.3, 0.4) is 0 Å². The predicted octanol–water partition coefficient (Wildman–Crippen LogP) is 2.38. The van der Waals surface area contributed by atoms with Gasteiger partial charge in [0, 0.05) is 18.7 Å². The molecular weight excluding hydrogens is 352 g/mol. The first-order chi connectivity index (χ1) is 13.6. The first kappa shape index (κ1) is 18.6. The number of fused-ring (bicyclic) bond motifs is 1. The minimum atomic E-state index is -0.335. The van der Waals surface area contributed by atoms with Gasteiger partial charge in [0.05, 0.1) is 11.9 Å². The Kier molecular flexibility index (Phi) is 5.13. The highest BCUT2D eigenvalue weighted by Crippen LogP contribution is 2.34. The lowest BCUT2D eigenvalue weighted by Gasteiger charge is -2.27. The zero-order chi connectivity index (χ0) is 19.7. The highest BCUT2D eigenvalue weighted by Gasteiger charge is 2.23. The van der Waals surface area contributed by atoms with Crippen LogP contribution in [0.15, 0.2) is 52.1 Å². The molecule has 4 rings (SSSR count). The third kappa shape index (κ3) is 3.40. The number of nitrogens with two attached hydrogens (primary N) is 1. The maximum absolute atomic E-state index is 12.8. The molecule has 0 radical (unpaired) electrons. The van der Waals surface area contributed by atoms with Gasteiger partial charge in [-0.25, -0.2) is 9.78 Å². The Balaban J connectivity index is 1.80. The molecule has 1 fully saturated rings. The number of aromatic nitrogens is 3. The van der Waals surface area contributed by atoms with Crippen LogP contribution in [0.4, 0.5) is 0 Å². The van der Waals surface area contributed by atoms with Crippen molar-refractivity contribution >= 4 is 11.0 Å². The molecule has 0 amide bonds. The number of rotatable bonds is 4. The van der Waals surface area contributed by atoms with Crippen molar-refractivity contribution in [1.29, 1.82) is 0 Å². The second-order valence-corrected chi connectivity index (χ2v) is 7.78. The predicted molar refractivity (Wildman–Crippen MR) is 111 cm³/mol. The standard InChI is InChI=1S/C22H26N4O2/c1-25-21(27)18-11-12-19(17-9-7-15(13-23)8-10-17)24-20(18)26(22(25)28)14-16-5-3-2-4-6-16/h2-6,11-12,15,17H,7-10,13-14,23H2,1H3. The largest absolute Gasteiger partial charge is 0.332 e. The van der Waals surface area contributed by atoms with E-state index in [0.29, 0.717) is 29.4 Å². The molecule has 6 nitrogen and oxygen atoms in total. The summed E-state index contributed by atoms with van der Waals surface area (Å²) in [4.78, 5) is 30.3. The van der Waals surface area contributed by atoms with Crippen LogP contribution in [-0.4, -0.2) is 20.7 Å². The second kappa shape index (κ2) is 7.72. The van der Waals surface area contributed by atoms with Gasteiger partial charge in [-0.15, -0.1) is 0 Å². The molecule has 3 aromatic rings. The molecule has 2 N–H and O–H groups in total. The van der Waals surface area contributed by atoms with E-state index in [1.807, 2.05) is 42.5 Å². The fraction of sp³-hybridized carbons (Fsp3) is 0.409. The van der Waals surface area contributed by atoms with Crippen LogP contribution in [0.25, 0.3) is 11.0 Å². The molecule has 146 valence electrons. The van der Waals surface area contributed by atoms with Crippen LogP contribution in [-0.2, 0) is 13.6 Å². The van der Waals surface area contributed by atoms with Crippen LogP contribution in [0.2, 0.25) is 0 Å². The van der Waals surface area contributed by atoms with Crippen molar-refractivity contribution < 1.29 is 0 Å². The molecule has 2 heterocycles. The van der Waals surface area contributed by atoms with E-state index in [2.05, 4.69) is 0 Å². The summed E-state index contributed by atoms with van der Waals surface area (Å²) in [6.07, 6.45) is 4.31. The van der Waals surface area contributed by atoms with E-state index in [1.54, 1.807) is 4.57 Å². The highest BCUT2D eigenvalue weighted by atomic mass is 16.2. The van der Waals surface area contributed by atoms with E-state index in [0.717, 1.165) is 43.5 Å². The van der Waals surface area contributed by atoms with Gasteiger partial charge < -0.3 is 5.73 Å². The summed E-state index contributed by atoms with van der Waals surface area (Å²) in [7, 11) is 1.52. The lowest BCUT2D eigenvalue weighted by Crippen LogP contribution is -2.38. The van der Waals surface area contributed by atoms with E-state index >= 15 is 0 Å². The van der Waals surface area contributed by atoms with E-state index in [1.165, 1.54) is 11.6 Å². The first-order valence-corrected chi connectivity index (χ1v) is 9.93. The normalized spacial score (nSPS) is 19.8. The monoisotopic (exact) mass is 378 g/mol. The quantitative estimate of drug-likeness (QED) is 0.756. The van der Waals surface area contributed by atoms with Gasteiger partial charge >= 0.3 is 5.69 Å². The summed E-state index contributed by atoms with van der Waals surface area (Å²) >= 11 is 0. The molecule has 0 unspecified atom stereocenters. The van der Waals surface area contributed by atoms with Crippen molar-refractivity contribution in [2.75, 3.05) is 6.54 Å². The van der Waals surface area contributed by atoms with Crippen molar-refractivity contribution in [2.45, 2.75) is 38.1 Å². The molecule has 1 aliphatic rings. The Labute approximate surface area is 163 Å². The minimum Gasteiger partial charge on any atom is -0.330 e. The van der Waals surface area contributed by atoms with Crippen molar-refractivity contribution in [1.82, 2.24) is 14.1 Å². The van der Waals surface area contributed by atoms with Gasteiger partial charge in [0.1, 0.15) is 5.65 Å². The molecule has 1 aliphatic carbocycles. The summed E-state index contributed by atoms with van der Waals surface area (Å²) in [6, 6.07) is 13.6. The maximum Gasteiger partial charge on any atom is 0.332 e. The first-order valence-electron chi connectivity index (χ1n) is 9.93. The number of benzene rings is 1. The van der Waals surface area contributed by atoms with Gasteiger partial charge in [0.15, 0.2) is 0 Å². The second-order valence-electron chi connectivity index (χ2n) is 7.78. The van der Waals surface area contributed by atoms with Gasteiger partial charge in [0.2, 0.25) is 0 Å². The Morgan fingerprint density at radius 1 is 1.04 bits per heavy atom. The Morgan fingerprint density at radius 2 is 1.75 bits per heavy atom. The number of nitrogens with zero attached hydrogens (tertiary/aromatic N) is 3. The van der Waals surface area contributed by atoms with Crippen LogP contribution in [0.5, 0.6) is 0 Å². The Hall–Kier alpha value is -2.73. The van der Waals surface area contributed by atoms with Crippen molar-refractivity contribution in [3.63, 3.8) is 0 Å². The lowest BCUT2D eigenvalue weighted by atomic mass is 9.80. The molecule has 2 aromatic heterocycles. The molecule has 0 aliphatic heterocycles. The van der Waals surface area contributed by atoms with Crippen LogP contribution >= 0.6 is 0 Å². The fourth-order valence-electron chi connectivity index (χ4n) is 4.20. The summed E-state index contributed by atoms with van der Waals surface area (Å²) < 4.78 is 2.78. The average Bonchev–Trinajstić information content (AvgIpc) is 2.75. The number of hydrogen-bond donors (Lipinski definition) is 1. The zero-order valence-corrected chi connectivity index (χ0v) is 16.2. The highest BCUT2D eigenvalue weighted by molar-refractivity contribution is 5.74. The number of pyridine rings is 1. The minimum absolute atomic E-state index is 0.296. The lowest BCUT2D eigenvalue weighted by molar-refractivity contribution is 0.329. The summed E-state index contributed by atoms with van der Waals surface area (Å²) in [5.41, 5.74) is 7.63. The van der Waals surface area contributed by atoms with E-state index in [4.69, 9.17) is 10.7 Å². The molecule has 0 spiro atoms. The number of hydrogen-bond acceptors (Lipinski definition) is 4. The van der Waals surface area contributed by atoms with Crippen LogP contribution < -0.4 is 17.0 Å². The SMILES string of the molecule is Cn1c(=O)c2ccc(C3CCC(CN)CC3)nc2n(Cc2ccccc2)c1=O. The van der Waals surface area contributed by atoms with Gasteiger partial charge in [-0.2, -0.15) is 0 Å². The van der Waals surface area contributed by atoms with Crippen molar-refractivity contribution in [3.8, 4) is 0 Å². The summed E-state index contributed by atoms with van der Waals surface area (Å²) in [5, 5.41) is 0.484. The van der Waals surface area contributed by atoms with Gasteiger partial charge in [-0.05, 0) is 55.8 Å². The zero-order valence-electron chi connectivity index (χ0n) is 16.2. The maximum atomic E-state index is 12.8.